The van der Waals surface area contributed by atoms with Crippen LogP contribution in [0.2, 0.25) is 0 Å². The van der Waals surface area contributed by atoms with Crippen LogP contribution in [0.25, 0.3) is 11.0 Å². The molecule has 2 aromatic heterocycles. The van der Waals surface area contributed by atoms with Crippen molar-refractivity contribution in [2.24, 2.45) is 0 Å². The normalized spacial score (nSPS) is 11.8. The number of aliphatic hydroxyl groups is 2. The Labute approximate surface area is 98.1 Å². The Kier molecular flexibility index (Phi) is 3.62. The van der Waals surface area contributed by atoms with Gasteiger partial charge >= 0.3 is 0 Å². The lowest BCUT2D eigenvalue weighted by Crippen LogP contribution is -2.37. The predicted molar refractivity (Wildman–Crippen MR) is 61.1 cm³/mol. The van der Waals surface area contributed by atoms with Crippen molar-refractivity contribution in [2.75, 3.05) is 20.3 Å². The molecule has 0 aliphatic carbocycles. The number of hydrogen-bond donors (Lipinski definition) is 3. The Bertz CT molecular complexity index is 482. The maximum atomic E-state index is 9.09. The Morgan fingerprint density at radius 3 is 2.88 bits per heavy atom. The molecular weight excluding hydrogens is 222 g/mol. The summed E-state index contributed by atoms with van der Waals surface area (Å²) in [6.45, 7) is 0.349. The minimum atomic E-state index is -0.282. The van der Waals surface area contributed by atoms with Crippen LogP contribution in [0.5, 0.6) is 0 Å². The molecule has 92 valence electrons. The van der Waals surface area contributed by atoms with Gasteiger partial charge in [-0.2, -0.15) is 5.10 Å². The van der Waals surface area contributed by atoms with E-state index in [9.17, 15) is 0 Å². The Morgan fingerprint density at radius 1 is 1.41 bits per heavy atom. The van der Waals surface area contributed by atoms with E-state index in [-0.39, 0.29) is 19.3 Å². The molecule has 17 heavy (non-hydrogen) atoms. The third-order valence-corrected chi connectivity index (χ3v) is 2.74. The lowest BCUT2D eigenvalue weighted by Gasteiger charge is -2.23. The fraction of sp³-hybridized carbons (Fsp3) is 0.500. The van der Waals surface area contributed by atoms with Gasteiger partial charge in [0.15, 0.2) is 0 Å². The fourth-order valence-corrected chi connectivity index (χ4v) is 1.64. The molecule has 0 aliphatic heterocycles. The summed E-state index contributed by atoms with van der Waals surface area (Å²) in [7, 11) is 1.82. The minimum absolute atomic E-state index is 0.0892. The first-order valence-corrected chi connectivity index (χ1v) is 5.31. The summed E-state index contributed by atoms with van der Waals surface area (Å²) < 4.78 is 0. The van der Waals surface area contributed by atoms with E-state index >= 15 is 0 Å². The fourth-order valence-electron chi connectivity index (χ4n) is 1.64. The standard InChI is InChI=1S/C10H15N5O2/c1-15(7(4-16)5-17)3-9-10-8(13-14-9)2-11-6-12-10/h2,6-7,16-17H,3-5H2,1H3,(H,13,14). The molecule has 0 aliphatic rings. The highest BCUT2D eigenvalue weighted by Crippen LogP contribution is 2.13. The quantitative estimate of drug-likeness (QED) is 0.626. The summed E-state index contributed by atoms with van der Waals surface area (Å²) in [5, 5.41) is 25.1. The molecule has 7 heteroatoms. The van der Waals surface area contributed by atoms with Crippen molar-refractivity contribution in [1.29, 1.82) is 0 Å². The molecule has 0 spiro atoms. The highest BCUT2D eigenvalue weighted by atomic mass is 16.3. The van der Waals surface area contributed by atoms with Gasteiger partial charge in [0.1, 0.15) is 17.4 Å². The van der Waals surface area contributed by atoms with Crippen molar-refractivity contribution < 1.29 is 10.2 Å². The first-order valence-electron chi connectivity index (χ1n) is 5.31. The van der Waals surface area contributed by atoms with Gasteiger partial charge in [0.2, 0.25) is 0 Å². The first kappa shape index (κ1) is 11.9. The molecule has 0 unspecified atom stereocenters. The minimum Gasteiger partial charge on any atom is -0.395 e. The van der Waals surface area contributed by atoms with Crippen molar-refractivity contribution in [3.05, 3.63) is 18.2 Å². The van der Waals surface area contributed by atoms with E-state index in [4.69, 9.17) is 10.2 Å². The zero-order chi connectivity index (χ0) is 12.3. The molecule has 0 fully saturated rings. The number of aromatic amines is 1. The van der Waals surface area contributed by atoms with Crippen molar-refractivity contribution in [3.63, 3.8) is 0 Å². The average Bonchev–Trinajstić information content (AvgIpc) is 2.74. The van der Waals surface area contributed by atoms with Crippen LogP contribution in [-0.2, 0) is 6.54 Å². The molecule has 0 bridgehead atoms. The lowest BCUT2D eigenvalue weighted by molar-refractivity contribution is 0.0868. The molecule has 0 saturated carbocycles. The predicted octanol–water partition coefficient (Wildman–Crippen LogP) is -0.862. The molecule has 0 aromatic carbocycles. The second kappa shape index (κ2) is 5.17. The molecule has 7 nitrogen and oxygen atoms in total. The second-order valence-corrected chi connectivity index (χ2v) is 3.89. The number of aliphatic hydroxyl groups excluding tert-OH is 2. The highest BCUT2D eigenvalue weighted by Gasteiger charge is 2.15. The van der Waals surface area contributed by atoms with Gasteiger partial charge in [-0.05, 0) is 7.05 Å². The number of nitrogens with zero attached hydrogens (tertiary/aromatic N) is 4. The van der Waals surface area contributed by atoms with Crippen LogP contribution >= 0.6 is 0 Å². The van der Waals surface area contributed by atoms with Gasteiger partial charge in [-0.25, -0.2) is 9.97 Å². The number of aromatic nitrogens is 4. The summed E-state index contributed by atoms with van der Waals surface area (Å²) in [5.74, 6) is 0. The van der Waals surface area contributed by atoms with E-state index in [1.54, 1.807) is 6.20 Å². The van der Waals surface area contributed by atoms with Crippen molar-refractivity contribution in [1.82, 2.24) is 25.1 Å². The van der Waals surface area contributed by atoms with Crippen LogP contribution in [0, 0.1) is 0 Å². The number of fused-ring (bicyclic) bond motifs is 1. The molecule has 0 saturated heterocycles. The molecule has 0 amide bonds. The molecule has 0 atom stereocenters. The number of rotatable bonds is 5. The Balaban J connectivity index is 2.18. The molecule has 2 heterocycles. The third-order valence-electron chi connectivity index (χ3n) is 2.74. The SMILES string of the molecule is CN(Cc1[nH]nc2cncnc12)C(CO)CO. The van der Waals surface area contributed by atoms with Crippen molar-refractivity contribution >= 4 is 11.0 Å². The maximum Gasteiger partial charge on any atom is 0.129 e. The number of likely N-dealkylation sites (N-methyl/N-ethyl adjacent to an activating group) is 1. The zero-order valence-corrected chi connectivity index (χ0v) is 9.54. The maximum absolute atomic E-state index is 9.09. The van der Waals surface area contributed by atoms with E-state index < -0.39 is 0 Å². The van der Waals surface area contributed by atoms with E-state index in [0.29, 0.717) is 12.1 Å². The number of H-pyrrole nitrogens is 1. The highest BCUT2D eigenvalue weighted by molar-refractivity contribution is 5.75. The monoisotopic (exact) mass is 237 g/mol. The van der Waals surface area contributed by atoms with Crippen molar-refractivity contribution in [2.45, 2.75) is 12.6 Å². The van der Waals surface area contributed by atoms with Gasteiger partial charge in [-0.3, -0.25) is 10.00 Å². The Hall–Kier alpha value is -1.57. The van der Waals surface area contributed by atoms with E-state index in [1.165, 1.54) is 6.33 Å². The van der Waals surface area contributed by atoms with Gasteiger partial charge in [0, 0.05) is 6.54 Å². The van der Waals surface area contributed by atoms with Gasteiger partial charge in [-0.1, -0.05) is 0 Å². The number of nitrogens with one attached hydrogen (secondary N) is 1. The zero-order valence-electron chi connectivity index (χ0n) is 9.54. The molecule has 3 N–H and O–H groups in total. The van der Waals surface area contributed by atoms with Crippen LogP contribution in [0.1, 0.15) is 5.69 Å². The third kappa shape index (κ3) is 2.41. The largest absolute Gasteiger partial charge is 0.395 e. The van der Waals surface area contributed by atoms with E-state index in [0.717, 1.165) is 11.2 Å². The topological polar surface area (TPSA) is 98.2 Å². The van der Waals surface area contributed by atoms with Crippen LogP contribution in [0.15, 0.2) is 12.5 Å². The van der Waals surface area contributed by atoms with Crippen LogP contribution < -0.4 is 0 Å². The number of hydrogen-bond acceptors (Lipinski definition) is 6. The van der Waals surface area contributed by atoms with Crippen LogP contribution in [0.4, 0.5) is 0 Å². The van der Waals surface area contributed by atoms with Gasteiger partial charge in [0.25, 0.3) is 0 Å². The second-order valence-electron chi connectivity index (χ2n) is 3.89. The summed E-state index contributed by atoms with van der Waals surface area (Å²) in [6, 6.07) is -0.282. The first-order chi connectivity index (χ1) is 8.26. The molecule has 0 radical (unpaired) electrons. The smallest absolute Gasteiger partial charge is 0.129 e. The van der Waals surface area contributed by atoms with Gasteiger partial charge in [-0.15, -0.1) is 0 Å². The average molecular weight is 237 g/mol. The summed E-state index contributed by atoms with van der Waals surface area (Å²) in [5.41, 5.74) is 2.32. The Morgan fingerprint density at radius 2 is 2.18 bits per heavy atom. The van der Waals surface area contributed by atoms with Crippen LogP contribution in [0.3, 0.4) is 0 Å². The lowest BCUT2D eigenvalue weighted by atomic mass is 10.2. The van der Waals surface area contributed by atoms with E-state index in [2.05, 4.69) is 20.2 Å². The summed E-state index contributed by atoms with van der Waals surface area (Å²) in [4.78, 5) is 9.88. The van der Waals surface area contributed by atoms with Gasteiger partial charge in [0.05, 0.1) is 31.1 Å². The van der Waals surface area contributed by atoms with E-state index in [1.807, 2.05) is 11.9 Å². The molecule has 2 rings (SSSR count). The summed E-state index contributed by atoms with van der Waals surface area (Å²) in [6.07, 6.45) is 3.11. The van der Waals surface area contributed by atoms with Gasteiger partial charge < -0.3 is 10.2 Å². The molecular formula is C10H15N5O2. The van der Waals surface area contributed by atoms with Crippen molar-refractivity contribution in [3.8, 4) is 0 Å². The molecule has 2 aromatic rings. The summed E-state index contributed by atoms with van der Waals surface area (Å²) >= 11 is 0. The van der Waals surface area contributed by atoms with Crippen LogP contribution in [-0.4, -0.2) is 61.6 Å².